The summed E-state index contributed by atoms with van der Waals surface area (Å²) in [6.45, 7) is 8.30. The van der Waals surface area contributed by atoms with Gasteiger partial charge in [0.05, 0.1) is 0 Å². The van der Waals surface area contributed by atoms with Gasteiger partial charge in [-0.05, 0) is 61.8 Å². The van der Waals surface area contributed by atoms with E-state index in [1.807, 2.05) is 0 Å². The summed E-state index contributed by atoms with van der Waals surface area (Å²) in [6, 6.07) is 4.34. The monoisotopic (exact) mass is 216 g/mol. The number of benzene rings is 1. The lowest BCUT2D eigenvalue weighted by atomic mass is 9.72. The fraction of sp³-hybridized carbons (Fsp3) is 0.533. The van der Waals surface area contributed by atoms with Gasteiger partial charge in [-0.2, -0.15) is 0 Å². The molecular weight excluding hydrogens is 196 g/mol. The number of carbonyl (C=O) groups is 1. The second kappa shape index (κ2) is 4.04. The molecule has 0 radical (unpaired) electrons. The standard InChI is InChI=1S/C15H20O/c1-9-5-6-11(3)15-13(12(4)16)8-7-10(2)14(9)15/h5-6,10,13H,7-8H2,1-4H3. The van der Waals surface area contributed by atoms with Gasteiger partial charge in [0.15, 0.2) is 0 Å². The predicted octanol–water partition coefficient (Wildman–Crippen LogP) is 3.87. The van der Waals surface area contributed by atoms with E-state index in [4.69, 9.17) is 0 Å². The largest absolute Gasteiger partial charge is 0.299 e. The zero-order valence-electron chi connectivity index (χ0n) is 10.6. The van der Waals surface area contributed by atoms with E-state index in [-0.39, 0.29) is 5.92 Å². The summed E-state index contributed by atoms with van der Waals surface area (Å²) in [5, 5.41) is 0. The van der Waals surface area contributed by atoms with Crippen molar-refractivity contribution in [1.82, 2.24) is 0 Å². The quantitative estimate of drug-likeness (QED) is 0.696. The minimum atomic E-state index is 0.145. The molecule has 0 bridgehead atoms. The van der Waals surface area contributed by atoms with E-state index in [2.05, 4.69) is 32.9 Å². The van der Waals surface area contributed by atoms with Crippen LogP contribution >= 0.6 is 0 Å². The van der Waals surface area contributed by atoms with Crippen LogP contribution in [-0.4, -0.2) is 5.78 Å². The third-order valence-corrected chi connectivity index (χ3v) is 3.94. The Morgan fingerprint density at radius 1 is 1.12 bits per heavy atom. The summed E-state index contributed by atoms with van der Waals surface area (Å²) in [5.74, 6) is 1.07. The highest BCUT2D eigenvalue weighted by Gasteiger charge is 2.29. The van der Waals surface area contributed by atoms with Gasteiger partial charge in [0, 0.05) is 5.92 Å². The lowest BCUT2D eigenvalue weighted by Crippen LogP contribution is -2.20. The van der Waals surface area contributed by atoms with Gasteiger partial charge in [0.25, 0.3) is 0 Å². The number of hydrogen-bond acceptors (Lipinski definition) is 1. The number of Topliss-reactive ketones (excluding diaryl/α,β-unsaturated/α-hetero) is 1. The zero-order valence-corrected chi connectivity index (χ0v) is 10.6. The maximum absolute atomic E-state index is 11.7. The molecule has 2 atom stereocenters. The van der Waals surface area contributed by atoms with Crippen molar-refractivity contribution in [3.05, 3.63) is 34.4 Å². The second-order valence-corrected chi connectivity index (χ2v) is 5.17. The number of fused-ring (bicyclic) bond motifs is 1. The average molecular weight is 216 g/mol. The van der Waals surface area contributed by atoms with Gasteiger partial charge in [0.1, 0.15) is 5.78 Å². The summed E-state index contributed by atoms with van der Waals surface area (Å²) in [4.78, 5) is 11.7. The maximum Gasteiger partial charge on any atom is 0.137 e. The van der Waals surface area contributed by atoms with Crippen molar-refractivity contribution in [3.8, 4) is 0 Å². The molecule has 0 saturated carbocycles. The van der Waals surface area contributed by atoms with E-state index in [0.717, 1.165) is 12.8 Å². The van der Waals surface area contributed by atoms with Gasteiger partial charge in [-0.25, -0.2) is 0 Å². The Bertz CT molecular complexity index is 431. The number of rotatable bonds is 1. The van der Waals surface area contributed by atoms with Crippen molar-refractivity contribution in [3.63, 3.8) is 0 Å². The van der Waals surface area contributed by atoms with Crippen LogP contribution in [0.3, 0.4) is 0 Å². The highest BCUT2D eigenvalue weighted by Crippen LogP contribution is 2.42. The fourth-order valence-corrected chi connectivity index (χ4v) is 3.08. The first-order chi connectivity index (χ1) is 7.52. The Kier molecular flexibility index (Phi) is 2.88. The third kappa shape index (κ3) is 1.68. The van der Waals surface area contributed by atoms with Crippen molar-refractivity contribution in [2.45, 2.75) is 52.4 Å². The van der Waals surface area contributed by atoms with Gasteiger partial charge in [0.2, 0.25) is 0 Å². The molecule has 0 amide bonds. The number of aryl methyl sites for hydroxylation is 2. The van der Waals surface area contributed by atoms with Crippen molar-refractivity contribution in [1.29, 1.82) is 0 Å². The van der Waals surface area contributed by atoms with E-state index in [1.54, 1.807) is 6.92 Å². The first-order valence-corrected chi connectivity index (χ1v) is 6.12. The van der Waals surface area contributed by atoms with E-state index in [1.165, 1.54) is 22.3 Å². The molecule has 1 aliphatic carbocycles. The van der Waals surface area contributed by atoms with Crippen LogP contribution in [0.15, 0.2) is 12.1 Å². The number of hydrogen-bond donors (Lipinski definition) is 0. The molecule has 2 unspecified atom stereocenters. The highest BCUT2D eigenvalue weighted by atomic mass is 16.1. The normalized spacial score (nSPS) is 24.0. The lowest BCUT2D eigenvalue weighted by molar-refractivity contribution is -0.118. The van der Waals surface area contributed by atoms with Crippen LogP contribution < -0.4 is 0 Å². The lowest BCUT2D eigenvalue weighted by Gasteiger charge is -2.31. The predicted molar refractivity (Wildman–Crippen MR) is 67.0 cm³/mol. The number of ketones is 1. The number of carbonyl (C=O) groups excluding carboxylic acids is 1. The van der Waals surface area contributed by atoms with Gasteiger partial charge in [-0.15, -0.1) is 0 Å². The minimum absolute atomic E-state index is 0.145. The molecule has 0 N–H and O–H groups in total. The first-order valence-electron chi connectivity index (χ1n) is 6.12. The Morgan fingerprint density at radius 3 is 2.25 bits per heavy atom. The molecule has 1 aromatic carbocycles. The van der Waals surface area contributed by atoms with Crippen molar-refractivity contribution in [2.75, 3.05) is 0 Å². The molecule has 1 aromatic rings. The van der Waals surface area contributed by atoms with Crippen LogP contribution in [-0.2, 0) is 4.79 Å². The van der Waals surface area contributed by atoms with Crippen LogP contribution in [0.25, 0.3) is 0 Å². The molecule has 0 aromatic heterocycles. The summed E-state index contributed by atoms with van der Waals surface area (Å²) in [6.07, 6.45) is 2.16. The minimum Gasteiger partial charge on any atom is -0.299 e. The summed E-state index contributed by atoms with van der Waals surface area (Å²) in [5.41, 5.74) is 5.39. The van der Waals surface area contributed by atoms with Crippen LogP contribution in [0.4, 0.5) is 0 Å². The topological polar surface area (TPSA) is 17.1 Å². The SMILES string of the molecule is CC(=O)C1CCC(C)c2c(C)ccc(C)c21. The molecule has 0 heterocycles. The Labute approximate surface area is 97.9 Å². The van der Waals surface area contributed by atoms with Crippen molar-refractivity contribution < 1.29 is 4.79 Å². The second-order valence-electron chi connectivity index (χ2n) is 5.17. The van der Waals surface area contributed by atoms with Crippen LogP contribution in [0, 0.1) is 13.8 Å². The van der Waals surface area contributed by atoms with E-state index < -0.39 is 0 Å². The molecule has 1 aliphatic rings. The van der Waals surface area contributed by atoms with E-state index >= 15 is 0 Å². The molecule has 0 saturated heterocycles. The van der Waals surface area contributed by atoms with Crippen LogP contribution in [0.5, 0.6) is 0 Å². The zero-order chi connectivity index (χ0) is 11.9. The van der Waals surface area contributed by atoms with Gasteiger partial charge in [-0.3, -0.25) is 4.79 Å². The Balaban J connectivity index is 2.64. The molecule has 0 fully saturated rings. The van der Waals surface area contributed by atoms with E-state index in [9.17, 15) is 4.79 Å². The van der Waals surface area contributed by atoms with Gasteiger partial charge < -0.3 is 0 Å². The molecule has 86 valence electrons. The van der Waals surface area contributed by atoms with Gasteiger partial charge in [-0.1, -0.05) is 19.1 Å². The fourth-order valence-electron chi connectivity index (χ4n) is 3.08. The van der Waals surface area contributed by atoms with Crippen molar-refractivity contribution in [2.24, 2.45) is 0 Å². The summed E-state index contributed by atoms with van der Waals surface area (Å²) < 4.78 is 0. The maximum atomic E-state index is 11.7. The Hall–Kier alpha value is -1.11. The first kappa shape index (κ1) is 11.4. The molecule has 16 heavy (non-hydrogen) atoms. The molecule has 0 aliphatic heterocycles. The molecule has 1 heteroatoms. The third-order valence-electron chi connectivity index (χ3n) is 3.94. The molecule has 2 rings (SSSR count). The smallest absolute Gasteiger partial charge is 0.137 e. The van der Waals surface area contributed by atoms with Gasteiger partial charge >= 0.3 is 0 Å². The Morgan fingerprint density at radius 2 is 1.69 bits per heavy atom. The highest BCUT2D eigenvalue weighted by molar-refractivity contribution is 5.84. The molecule has 0 spiro atoms. The molecule has 1 nitrogen and oxygen atoms in total. The van der Waals surface area contributed by atoms with Crippen LogP contribution in [0.1, 0.15) is 60.8 Å². The summed E-state index contributed by atoms with van der Waals surface area (Å²) >= 11 is 0. The van der Waals surface area contributed by atoms with Crippen molar-refractivity contribution >= 4 is 5.78 Å². The summed E-state index contributed by atoms with van der Waals surface area (Å²) in [7, 11) is 0. The average Bonchev–Trinajstić information content (AvgIpc) is 2.23. The van der Waals surface area contributed by atoms with Crippen LogP contribution in [0.2, 0.25) is 0 Å². The van der Waals surface area contributed by atoms with E-state index in [0.29, 0.717) is 11.7 Å². The molecular formula is C15H20O.